The number of amides is 1. The molecular formula is C6H11NO2. The van der Waals surface area contributed by atoms with E-state index >= 15 is 0 Å². The molecule has 1 rings (SSSR count). The zero-order chi connectivity index (χ0) is 6.85. The largest absolute Gasteiger partial charge is 0.393 e. The molecule has 0 aliphatic carbocycles. The first-order chi connectivity index (χ1) is 4.20. The molecule has 1 aliphatic heterocycles. The maximum Gasteiger partial charge on any atom is 0.220 e. The van der Waals surface area contributed by atoms with Gasteiger partial charge in [0, 0.05) is 18.9 Å². The van der Waals surface area contributed by atoms with Crippen LogP contribution < -0.4 is 5.32 Å². The minimum absolute atomic E-state index is 0.0564. The van der Waals surface area contributed by atoms with Gasteiger partial charge in [0.1, 0.15) is 0 Å². The third kappa shape index (κ3) is 1.42. The summed E-state index contributed by atoms with van der Waals surface area (Å²) < 4.78 is 0. The molecule has 1 heterocycles. The van der Waals surface area contributed by atoms with Crippen LogP contribution in [0.2, 0.25) is 0 Å². The van der Waals surface area contributed by atoms with Gasteiger partial charge in [0.05, 0.1) is 6.10 Å². The highest BCUT2D eigenvalue weighted by Gasteiger charge is 2.24. The van der Waals surface area contributed by atoms with Gasteiger partial charge in [-0.1, -0.05) is 0 Å². The first-order valence-corrected chi connectivity index (χ1v) is 3.15. The van der Waals surface area contributed by atoms with E-state index in [1.54, 1.807) is 6.92 Å². The van der Waals surface area contributed by atoms with Crippen LogP contribution in [0.5, 0.6) is 0 Å². The highest BCUT2D eigenvalue weighted by Crippen LogP contribution is 2.12. The predicted octanol–water partition coefficient (Wildman–Crippen LogP) is -0.497. The molecule has 1 amide bonds. The minimum atomic E-state index is -0.357. The van der Waals surface area contributed by atoms with Crippen molar-refractivity contribution < 1.29 is 9.90 Å². The maximum atomic E-state index is 10.5. The molecule has 3 nitrogen and oxygen atoms in total. The number of rotatable bonds is 1. The standard InChI is InChI=1S/C6H11NO2/c1-4(8)5-2-6(9)7-3-5/h4-5,8H,2-3H2,1H3,(H,7,9)/t4?,5-/m1/s1. The molecule has 0 aromatic heterocycles. The quantitative estimate of drug-likeness (QED) is 0.501. The van der Waals surface area contributed by atoms with Crippen LogP contribution >= 0.6 is 0 Å². The average molecular weight is 129 g/mol. The minimum Gasteiger partial charge on any atom is -0.393 e. The van der Waals surface area contributed by atoms with E-state index in [1.807, 2.05) is 0 Å². The van der Waals surface area contributed by atoms with Gasteiger partial charge in [-0.15, -0.1) is 0 Å². The summed E-state index contributed by atoms with van der Waals surface area (Å²) in [6, 6.07) is 0. The van der Waals surface area contributed by atoms with E-state index in [2.05, 4.69) is 5.32 Å². The monoisotopic (exact) mass is 129 g/mol. The molecule has 3 heteroatoms. The van der Waals surface area contributed by atoms with Crippen LogP contribution in [0.3, 0.4) is 0 Å². The molecule has 0 aromatic carbocycles. The molecule has 52 valence electrons. The second-order valence-corrected chi connectivity index (χ2v) is 2.51. The van der Waals surface area contributed by atoms with E-state index < -0.39 is 0 Å². The van der Waals surface area contributed by atoms with Gasteiger partial charge < -0.3 is 10.4 Å². The molecular weight excluding hydrogens is 118 g/mol. The highest BCUT2D eigenvalue weighted by molar-refractivity contribution is 5.78. The van der Waals surface area contributed by atoms with Gasteiger partial charge >= 0.3 is 0 Å². The average Bonchev–Trinajstić information content (AvgIpc) is 2.14. The van der Waals surface area contributed by atoms with Crippen LogP contribution in [0, 0.1) is 5.92 Å². The molecule has 1 fully saturated rings. The number of nitrogens with one attached hydrogen (secondary N) is 1. The Morgan fingerprint density at radius 2 is 2.56 bits per heavy atom. The number of hydrogen-bond acceptors (Lipinski definition) is 2. The lowest BCUT2D eigenvalue weighted by molar-refractivity contribution is -0.119. The van der Waals surface area contributed by atoms with Crippen LogP contribution in [-0.4, -0.2) is 23.7 Å². The Balaban J connectivity index is 2.39. The molecule has 9 heavy (non-hydrogen) atoms. The Morgan fingerprint density at radius 1 is 1.89 bits per heavy atom. The van der Waals surface area contributed by atoms with Crippen molar-refractivity contribution in [3.05, 3.63) is 0 Å². The summed E-state index contributed by atoms with van der Waals surface area (Å²) in [5.74, 6) is 0.193. The summed E-state index contributed by atoms with van der Waals surface area (Å²) in [6.45, 7) is 2.35. The molecule has 2 atom stereocenters. The second-order valence-electron chi connectivity index (χ2n) is 2.51. The molecule has 0 bridgehead atoms. The van der Waals surface area contributed by atoms with Crippen molar-refractivity contribution in [3.8, 4) is 0 Å². The van der Waals surface area contributed by atoms with Crippen LogP contribution in [0.1, 0.15) is 13.3 Å². The lowest BCUT2D eigenvalue weighted by Gasteiger charge is -2.08. The topological polar surface area (TPSA) is 49.3 Å². The molecule has 0 saturated carbocycles. The molecule has 1 saturated heterocycles. The zero-order valence-electron chi connectivity index (χ0n) is 5.42. The Bertz CT molecular complexity index is 122. The van der Waals surface area contributed by atoms with Gasteiger partial charge in [-0.3, -0.25) is 4.79 Å². The van der Waals surface area contributed by atoms with Crippen LogP contribution in [0.4, 0.5) is 0 Å². The summed E-state index contributed by atoms with van der Waals surface area (Å²) >= 11 is 0. The normalized spacial score (nSPS) is 30.0. The Kier molecular flexibility index (Phi) is 1.71. The van der Waals surface area contributed by atoms with E-state index in [9.17, 15) is 4.79 Å². The summed E-state index contributed by atoms with van der Waals surface area (Å²) in [4.78, 5) is 10.5. The van der Waals surface area contributed by atoms with Crippen molar-refractivity contribution >= 4 is 5.91 Å². The molecule has 0 spiro atoms. The highest BCUT2D eigenvalue weighted by atomic mass is 16.3. The van der Waals surface area contributed by atoms with Crippen molar-refractivity contribution in [1.29, 1.82) is 0 Å². The summed E-state index contributed by atoms with van der Waals surface area (Å²) in [6.07, 6.45) is 0.126. The summed E-state index contributed by atoms with van der Waals surface area (Å²) in [5.41, 5.74) is 0. The molecule has 2 N–H and O–H groups in total. The lowest BCUT2D eigenvalue weighted by Crippen LogP contribution is -2.19. The van der Waals surface area contributed by atoms with Crippen molar-refractivity contribution in [1.82, 2.24) is 5.32 Å². The second kappa shape index (κ2) is 2.35. The zero-order valence-corrected chi connectivity index (χ0v) is 5.42. The van der Waals surface area contributed by atoms with Gasteiger partial charge in [-0.25, -0.2) is 0 Å². The van der Waals surface area contributed by atoms with Crippen molar-refractivity contribution in [3.63, 3.8) is 0 Å². The number of carbonyl (C=O) groups excluding carboxylic acids is 1. The number of hydrogen-bond donors (Lipinski definition) is 2. The number of carbonyl (C=O) groups is 1. The van der Waals surface area contributed by atoms with Crippen LogP contribution in [0.25, 0.3) is 0 Å². The van der Waals surface area contributed by atoms with E-state index in [1.165, 1.54) is 0 Å². The number of aliphatic hydroxyl groups excluding tert-OH is 1. The van der Waals surface area contributed by atoms with Crippen molar-refractivity contribution in [2.75, 3.05) is 6.54 Å². The van der Waals surface area contributed by atoms with Crippen molar-refractivity contribution in [2.45, 2.75) is 19.4 Å². The van der Waals surface area contributed by atoms with Gasteiger partial charge in [0.25, 0.3) is 0 Å². The van der Waals surface area contributed by atoms with Gasteiger partial charge in [0.2, 0.25) is 5.91 Å². The fourth-order valence-electron chi connectivity index (χ4n) is 0.969. The predicted molar refractivity (Wildman–Crippen MR) is 32.8 cm³/mol. The third-order valence-electron chi connectivity index (χ3n) is 1.69. The molecule has 1 unspecified atom stereocenters. The van der Waals surface area contributed by atoms with Gasteiger partial charge in [-0.2, -0.15) is 0 Å². The third-order valence-corrected chi connectivity index (χ3v) is 1.69. The molecule has 1 aliphatic rings. The van der Waals surface area contributed by atoms with E-state index in [-0.39, 0.29) is 17.9 Å². The van der Waals surface area contributed by atoms with Crippen molar-refractivity contribution in [2.24, 2.45) is 5.92 Å². The van der Waals surface area contributed by atoms with Gasteiger partial charge in [-0.05, 0) is 6.92 Å². The molecule has 0 radical (unpaired) electrons. The van der Waals surface area contributed by atoms with Gasteiger partial charge in [0.15, 0.2) is 0 Å². The Hall–Kier alpha value is -0.570. The fraction of sp³-hybridized carbons (Fsp3) is 0.833. The van der Waals surface area contributed by atoms with E-state index in [4.69, 9.17) is 5.11 Å². The maximum absolute atomic E-state index is 10.5. The summed E-state index contributed by atoms with van der Waals surface area (Å²) in [7, 11) is 0. The lowest BCUT2D eigenvalue weighted by atomic mass is 10.0. The Labute approximate surface area is 54.1 Å². The first kappa shape index (κ1) is 6.55. The first-order valence-electron chi connectivity index (χ1n) is 3.15. The summed E-state index contributed by atoms with van der Waals surface area (Å²) in [5, 5.41) is 11.6. The van der Waals surface area contributed by atoms with Crippen LogP contribution in [-0.2, 0) is 4.79 Å². The van der Waals surface area contributed by atoms with E-state index in [0.717, 1.165) is 0 Å². The fourth-order valence-corrected chi connectivity index (χ4v) is 0.969. The van der Waals surface area contributed by atoms with Crippen LogP contribution in [0.15, 0.2) is 0 Å². The number of aliphatic hydroxyl groups is 1. The molecule has 0 aromatic rings. The SMILES string of the molecule is CC(O)[C@H]1CNC(=O)C1. The Morgan fingerprint density at radius 3 is 2.78 bits per heavy atom. The van der Waals surface area contributed by atoms with E-state index in [0.29, 0.717) is 13.0 Å². The smallest absolute Gasteiger partial charge is 0.220 e.